The van der Waals surface area contributed by atoms with Crippen LogP contribution in [0.15, 0.2) is 36.4 Å². The zero-order valence-corrected chi connectivity index (χ0v) is 39.9. The quantitative estimate of drug-likeness (QED) is 0.0417. The van der Waals surface area contributed by atoms with Gasteiger partial charge in [0.2, 0.25) is 11.8 Å². The maximum Gasteiger partial charge on any atom is 0.326 e. The molecule has 0 spiro atoms. The second-order valence-corrected chi connectivity index (χ2v) is 16.6. The number of aliphatic carboxylic acids is 4. The first kappa shape index (κ1) is 57.7. The molecule has 24 heteroatoms. The molecule has 2 aliphatic heterocycles. The Bertz CT molecular complexity index is 1840. The van der Waals surface area contributed by atoms with E-state index in [0.29, 0.717) is 24.2 Å². The molecule has 22 nitrogen and oxygen atoms in total. The number of unbranched alkanes of at least 4 members (excludes halogenated alkanes) is 1. The molecule has 66 heavy (non-hydrogen) atoms. The van der Waals surface area contributed by atoms with E-state index < -0.39 is 65.4 Å². The summed E-state index contributed by atoms with van der Waals surface area (Å²) in [4.78, 5) is 130. The Labute approximate surface area is 418 Å². The Morgan fingerprint density at radius 2 is 1.11 bits per heavy atom. The molecule has 0 aliphatic carbocycles. The molecule has 0 radical (unpaired) electrons. The number of carbonyl (C=O) groups is 10. The van der Waals surface area contributed by atoms with Crippen molar-refractivity contribution in [2.24, 2.45) is 0 Å². The number of carbonyl (C=O) groups excluding carboxylic acids is 6. The zero-order valence-electron chi connectivity index (χ0n) is 36.8. The minimum atomic E-state index is -1.27. The Morgan fingerprint density at radius 3 is 1.56 bits per heavy atom. The van der Waals surface area contributed by atoms with Crippen LogP contribution in [0.4, 0.5) is 0 Å². The first-order chi connectivity index (χ1) is 30.9. The zero-order chi connectivity index (χ0) is 47.9. The molecule has 2 heterocycles. The van der Waals surface area contributed by atoms with Gasteiger partial charge in [0.1, 0.15) is 6.04 Å². The Morgan fingerprint density at radius 1 is 0.621 bits per heavy atom. The van der Waals surface area contributed by atoms with Crippen LogP contribution in [-0.2, 0) is 49.7 Å². The van der Waals surface area contributed by atoms with E-state index in [1.807, 2.05) is 6.26 Å². The number of carboxylic acid groups (broad SMARTS) is 4. The van der Waals surface area contributed by atoms with E-state index in [1.165, 1.54) is 23.9 Å². The maximum atomic E-state index is 13.3. The van der Waals surface area contributed by atoms with Gasteiger partial charge in [-0.25, -0.2) is 4.79 Å². The van der Waals surface area contributed by atoms with Gasteiger partial charge < -0.3 is 36.4 Å². The van der Waals surface area contributed by atoms with Crippen molar-refractivity contribution in [2.75, 3.05) is 97.1 Å². The Kier molecular flexibility index (Phi) is 26.9. The van der Waals surface area contributed by atoms with E-state index in [2.05, 4.69) is 16.0 Å². The Balaban J connectivity index is 0.0000150. The number of nitrogens with one attached hydrogen (secondary N) is 3. The van der Waals surface area contributed by atoms with Crippen LogP contribution < -0.4 is 16.0 Å². The van der Waals surface area contributed by atoms with Crippen molar-refractivity contribution in [3.63, 3.8) is 0 Å². The van der Waals surface area contributed by atoms with Crippen molar-refractivity contribution < 1.29 is 108 Å². The molecule has 7 N–H and O–H groups in total. The van der Waals surface area contributed by atoms with Crippen molar-refractivity contribution >= 4 is 71.0 Å². The van der Waals surface area contributed by atoms with Crippen molar-refractivity contribution in [2.45, 2.75) is 57.2 Å². The summed E-state index contributed by atoms with van der Waals surface area (Å²) in [6.45, 7) is 1.32. The van der Waals surface area contributed by atoms with Gasteiger partial charge in [-0.05, 0) is 55.4 Å². The number of benzene rings is 1. The summed E-state index contributed by atoms with van der Waals surface area (Å²) < 4.78 is 0. The normalized spacial score (nSPS) is 16.5. The first-order valence-corrected chi connectivity index (χ1v) is 22.6. The van der Waals surface area contributed by atoms with Crippen LogP contribution in [0, 0.1) is 39.9 Å². The number of thioether (sulfide) groups is 1. The molecule has 1 aromatic carbocycles. The van der Waals surface area contributed by atoms with Crippen LogP contribution >= 0.6 is 11.8 Å². The summed E-state index contributed by atoms with van der Waals surface area (Å²) in [5, 5.41) is 45.9. The summed E-state index contributed by atoms with van der Waals surface area (Å²) in [6.07, 6.45) is 4.56. The summed E-state index contributed by atoms with van der Waals surface area (Å²) in [7, 11) is 0. The van der Waals surface area contributed by atoms with Crippen LogP contribution in [0.2, 0.25) is 0 Å². The summed E-state index contributed by atoms with van der Waals surface area (Å²) in [5.74, 6) is -6.76. The van der Waals surface area contributed by atoms with E-state index in [0.717, 1.165) is 17.1 Å². The van der Waals surface area contributed by atoms with Gasteiger partial charge in [-0.15, -0.1) is 0 Å². The van der Waals surface area contributed by atoms with Crippen molar-refractivity contribution in [3.8, 4) is 0 Å². The predicted molar refractivity (Wildman–Crippen MR) is 235 cm³/mol. The third kappa shape index (κ3) is 22.4. The Hall–Kier alpha value is -4.43. The van der Waals surface area contributed by atoms with Crippen LogP contribution in [-0.4, -0.2) is 213 Å². The molecule has 366 valence electrons. The standard InChI is InChI=1S/C42H60N8O14S.Gd/c1-65-23-13-31(33(51)9-10-34(52)44-32(42(63)64)4-2-3-14-50-36(54)11-12-37(50)55)45-41(62)30-7-5-29(6-8-30)24-43-35(53)25-46-15-17-47(26-38(56)57)19-21-49(28-40(60)61)22-20-48(18-16-46)27-39(58)59;/h5-8,11-12,31-32H,2-4,9-10,13-28H2,1H3,(H,43,53)(H,44,52)(H,45,62)(H,56,57)(H,58,59)(H,60,61)(H,63,64);/t31-,32-;/m0./s1. The summed E-state index contributed by atoms with van der Waals surface area (Å²) in [6, 6.07) is 4.18. The minimum Gasteiger partial charge on any atom is -0.480 e. The average Bonchev–Trinajstić information content (AvgIpc) is 3.57. The van der Waals surface area contributed by atoms with Crippen LogP contribution in [0.5, 0.6) is 0 Å². The molecule has 3 rings (SSSR count). The van der Waals surface area contributed by atoms with Crippen LogP contribution in [0.3, 0.4) is 0 Å². The fraction of sp³-hybridized carbons (Fsp3) is 0.571. The number of hydrogen-bond acceptors (Lipinski definition) is 15. The molecule has 1 saturated heterocycles. The van der Waals surface area contributed by atoms with Crippen molar-refractivity contribution in [1.29, 1.82) is 0 Å². The number of amides is 5. The van der Waals surface area contributed by atoms with Gasteiger partial charge in [-0.3, -0.25) is 67.7 Å². The van der Waals surface area contributed by atoms with Crippen molar-refractivity contribution in [1.82, 2.24) is 40.4 Å². The van der Waals surface area contributed by atoms with E-state index in [4.69, 9.17) is 0 Å². The maximum absolute atomic E-state index is 13.3. The predicted octanol–water partition coefficient (Wildman–Crippen LogP) is -1.36. The van der Waals surface area contributed by atoms with Crippen LogP contribution in [0.1, 0.15) is 54.4 Å². The number of ketones is 1. The molecular formula is C42H60GdN8O14S. The number of nitrogens with zero attached hydrogens (tertiary/aromatic N) is 5. The first-order valence-electron chi connectivity index (χ1n) is 21.2. The fourth-order valence-corrected chi connectivity index (χ4v) is 7.49. The molecule has 1 fully saturated rings. The van der Waals surface area contributed by atoms with Crippen LogP contribution in [0.25, 0.3) is 0 Å². The molecule has 0 unspecified atom stereocenters. The molecule has 1 aromatic rings. The molecule has 0 aromatic heterocycles. The monoisotopic (exact) mass is 1090 g/mol. The van der Waals surface area contributed by atoms with Gasteiger partial charge in [0.05, 0.1) is 32.2 Å². The third-order valence-electron chi connectivity index (χ3n) is 10.6. The SMILES string of the molecule is CSCC[C@H](NC(=O)c1ccc(CNC(=O)CN2CCN(CC(=O)O)CCN(CC(=O)O)CCN(CC(=O)O)CC2)cc1)C(=O)CCC(=O)N[C@@H](CCCCN1C(=O)C=CC1=O)C(=O)O.[Gd]. The molecule has 0 bridgehead atoms. The number of Topliss-reactive ketones (excluding diaryl/α,β-unsaturated/α-hetero) is 1. The minimum absolute atomic E-state index is 0. The second-order valence-electron chi connectivity index (χ2n) is 15.6. The van der Waals surface area contributed by atoms with Gasteiger partial charge in [-0.1, -0.05) is 12.1 Å². The van der Waals surface area contributed by atoms with Gasteiger partial charge in [0.25, 0.3) is 17.7 Å². The van der Waals surface area contributed by atoms with Gasteiger partial charge in [-0.2, -0.15) is 11.8 Å². The largest absolute Gasteiger partial charge is 0.480 e. The number of hydrogen-bond donors (Lipinski definition) is 7. The van der Waals surface area contributed by atoms with E-state index in [9.17, 15) is 68.4 Å². The van der Waals surface area contributed by atoms with Gasteiger partial charge in [0, 0.05) is 136 Å². The topological polar surface area (TPSA) is 304 Å². The number of carboxylic acids is 4. The smallest absolute Gasteiger partial charge is 0.326 e. The second kappa shape index (κ2) is 30.8. The van der Waals surface area contributed by atoms with Crippen molar-refractivity contribution in [3.05, 3.63) is 47.5 Å². The number of imide groups is 1. The molecule has 2 aliphatic rings. The van der Waals surface area contributed by atoms with E-state index in [1.54, 1.807) is 31.7 Å². The average molecular weight is 1090 g/mol. The molecular weight excluding hydrogens is 1030 g/mol. The summed E-state index contributed by atoms with van der Waals surface area (Å²) >= 11 is 1.46. The number of rotatable bonds is 26. The van der Waals surface area contributed by atoms with Gasteiger partial charge >= 0.3 is 23.9 Å². The van der Waals surface area contributed by atoms with E-state index in [-0.39, 0.29) is 169 Å². The summed E-state index contributed by atoms with van der Waals surface area (Å²) in [5.41, 5.74) is 0.894. The van der Waals surface area contributed by atoms with Gasteiger partial charge in [0.15, 0.2) is 5.78 Å². The fourth-order valence-electron chi connectivity index (χ4n) is 7.01. The third-order valence-corrected chi connectivity index (χ3v) is 11.3. The molecule has 5 amide bonds. The molecule has 2 atom stereocenters. The molecule has 0 saturated carbocycles. The van der Waals surface area contributed by atoms with E-state index >= 15 is 0 Å².